The Labute approximate surface area is 224 Å². The predicted molar refractivity (Wildman–Crippen MR) is 145 cm³/mol. The molecular formula is C29H37N5O4. The lowest BCUT2D eigenvalue weighted by atomic mass is 10.0. The molecule has 0 unspecified atom stereocenters. The number of benzene rings is 2. The number of fused-ring (bicyclic) bond motifs is 1. The van der Waals surface area contributed by atoms with E-state index in [0.717, 1.165) is 18.4 Å². The largest absolute Gasteiger partial charge is 0.490 e. The number of carbonyl (C=O) groups excluding carboxylic acids is 1. The number of hydrogen-bond acceptors (Lipinski definition) is 7. The van der Waals surface area contributed by atoms with Crippen molar-refractivity contribution in [1.29, 1.82) is 5.26 Å². The van der Waals surface area contributed by atoms with Gasteiger partial charge in [0.2, 0.25) is 5.82 Å². The molecule has 0 spiro atoms. The molecule has 9 heteroatoms. The number of primary amides is 1. The van der Waals surface area contributed by atoms with E-state index in [4.69, 9.17) is 20.1 Å². The predicted octanol–water partition coefficient (Wildman–Crippen LogP) is 5.10. The number of nitrogens with zero attached hydrogens (tertiary/aromatic N) is 4. The van der Waals surface area contributed by atoms with Gasteiger partial charge in [0.05, 0.1) is 17.8 Å². The van der Waals surface area contributed by atoms with E-state index in [-0.39, 0.29) is 18.2 Å². The maximum Gasteiger partial charge on any atom is 0.314 e. The molecule has 38 heavy (non-hydrogen) atoms. The van der Waals surface area contributed by atoms with Gasteiger partial charge in [-0.2, -0.15) is 10.2 Å². The van der Waals surface area contributed by atoms with Crippen LogP contribution in [0.15, 0.2) is 40.9 Å². The second-order valence-corrected chi connectivity index (χ2v) is 9.27. The first-order chi connectivity index (χ1) is 18.4. The Morgan fingerprint density at radius 3 is 2.61 bits per heavy atom. The van der Waals surface area contributed by atoms with E-state index in [1.807, 2.05) is 45.9 Å². The van der Waals surface area contributed by atoms with Crippen molar-refractivity contribution in [3.05, 3.63) is 53.1 Å². The minimum absolute atomic E-state index is 0.00290. The summed E-state index contributed by atoms with van der Waals surface area (Å²) in [7, 11) is 0. The Balaban J connectivity index is 0.000000280. The Bertz CT molecular complexity index is 1260. The number of nitriles is 1. The van der Waals surface area contributed by atoms with Crippen molar-refractivity contribution in [3.63, 3.8) is 0 Å². The number of nitrogens with two attached hydrogens (primary N) is 1. The summed E-state index contributed by atoms with van der Waals surface area (Å²) in [5.41, 5.74) is 9.91. The van der Waals surface area contributed by atoms with Gasteiger partial charge < -0.3 is 25.0 Å². The van der Waals surface area contributed by atoms with Gasteiger partial charge in [-0.1, -0.05) is 37.2 Å². The number of rotatable bonds is 4. The number of likely N-dealkylation sites (tertiary alicyclic amines) is 1. The van der Waals surface area contributed by atoms with Crippen LogP contribution in [0, 0.1) is 11.3 Å². The third kappa shape index (κ3) is 7.11. The number of aryl methyl sites for hydroxylation is 1. The highest BCUT2D eigenvalue weighted by atomic mass is 16.5. The molecule has 1 saturated heterocycles. The minimum Gasteiger partial charge on any atom is -0.490 e. The van der Waals surface area contributed by atoms with Crippen LogP contribution in [-0.2, 0) is 12.8 Å². The molecule has 1 aliphatic carbocycles. The summed E-state index contributed by atoms with van der Waals surface area (Å²) in [6.07, 6.45) is 4.40. The fourth-order valence-corrected chi connectivity index (χ4v) is 4.47. The summed E-state index contributed by atoms with van der Waals surface area (Å²) >= 11 is 0. The van der Waals surface area contributed by atoms with E-state index in [2.05, 4.69) is 22.3 Å². The topological polar surface area (TPSA) is 138 Å². The molecule has 0 radical (unpaired) electrons. The Hall–Kier alpha value is -3.90. The van der Waals surface area contributed by atoms with Gasteiger partial charge in [-0.05, 0) is 75.3 Å². The van der Waals surface area contributed by atoms with Crippen LogP contribution < -0.4 is 10.5 Å². The Kier molecular flexibility index (Phi) is 10.3. The van der Waals surface area contributed by atoms with Crippen LogP contribution in [0.1, 0.15) is 63.6 Å². The van der Waals surface area contributed by atoms with Crippen molar-refractivity contribution in [2.24, 2.45) is 5.73 Å². The van der Waals surface area contributed by atoms with Gasteiger partial charge in [-0.15, -0.1) is 0 Å². The summed E-state index contributed by atoms with van der Waals surface area (Å²) < 4.78 is 11.1. The molecule has 0 bridgehead atoms. The quantitative estimate of drug-likeness (QED) is 0.489. The lowest BCUT2D eigenvalue weighted by Gasteiger charge is -2.27. The van der Waals surface area contributed by atoms with Crippen LogP contribution in [-0.4, -0.2) is 51.5 Å². The fraction of sp³-hybridized carbons (Fsp3) is 0.448. The van der Waals surface area contributed by atoms with E-state index < -0.39 is 0 Å². The lowest BCUT2D eigenvalue weighted by Crippen LogP contribution is -2.42. The molecular weight excluding hydrogens is 482 g/mol. The first-order valence-corrected chi connectivity index (χ1v) is 13.2. The molecule has 2 aliphatic rings. The fourth-order valence-electron chi connectivity index (χ4n) is 4.47. The lowest BCUT2D eigenvalue weighted by molar-refractivity contribution is 0.0961. The average Bonchev–Trinajstić information content (AvgIpc) is 3.61. The number of hydrogen-bond donors (Lipinski definition) is 2. The monoisotopic (exact) mass is 519 g/mol. The average molecular weight is 520 g/mol. The highest BCUT2D eigenvalue weighted by Gasteiger charge is 2.20. The van der Waals surface area contributed by atoms with E-state index >= 15 is 0 Å². The molecule has 0 saturated carbocycles. The summed E-state index contributed by atoms with van der Waals surface area (Å²) in [6, 6.07) is 13.4. The van der Waals surface area contributed by atoms with Gasteiger partial charge >= 0.3 is 6.03 Å². The molecule has 0 atom stereocenters. The third-order valence-corrected chi connectivity index (χ3v) is 6.30. The van der Waals surface area contributed by atoms with Gasteiger partial charge in [0.25, 0.3) is 5.89 Å². The number of piperidine rings is 1. The molecule has 202 valence electrons. The van der Waals surface area contributed by atoms with Gasteiger partial charge in [0, 0.05) is 24.2 Å². The minimum atomic E-state index is -0.382. The summed E-state index contributed by atoms with van der Waals surface area (Å²) in [5.74, 6) is 1.56. The smallest absolute Gasteiger partial charge is 0.314 e. The molecule has 3 N–H and O–H groups in total. The molecule has 2 amide bonds. The van der Waals surface area contributed by atoms with Crippen molar-refractivity contribution >= 4 is 6.03 Å². The van der Waals surface area contributed by atoms with Crippen molar-refractivity contribution in [3.8, 4) is 34.7 Å². The second-order valence-electron chi connectivity index (χ2n) is 9.27. The van der Waals surface area contributed by atoms with Crippen LogP contribution in [0.2, 0.25) is 0 Å². The van der Waals surface area contributed by atoms with Crippen molar-refractivity contribution in [2.45, 2.75) is 72.0 Å². The molecule has 9 nitrogen and oxygen atoms in total. The van der Waals surface area contributed by atoms with Crippen LogP contribution in [0.25, 0.3) is 22.8 Å². The molecule has 3 aromatic rings. The molecule has 5 rings (SSSR count). The molecule has 1 aliphatic heterocycles. The first-order valence-electron chi connectivity index (χ1n) is 13.2. The van der Waals surface area contributed by atoms with Gasteiger partial charge in [-0.25, -0.2) is 4.79 Å². The van der Waals surface area contributed by atoms with Crippen LogP contribution >= 0.6 is 0 Å². The molecule has 1 aromatic heterocycles. The maximum atomic E-state index is 10.5. The first kappa shape index (κ1) is 28.7. The van der Waals surface area contributed by atoms with Crippen LogP contribution in [0.4, 0.5) is 4.79 Å². The zero-order valence-electron chi connectivity index (χ0n) is 22.6. The van der Waals surface area contributed by atoms with Gasteiger partial charge in [0.15, 0.2) is 0 Å². The second kappa shape index (κ2) is 13.6. The number of ether oxygens (including phenoxy) is 1. The molecule has 2 aromatic carbocycles. The van der Waals surface area contributed by atoms with Crippen molar-refractivity contribution in [1.82, 2.24) is 15.0 Å². The number of aromatic nitrogens is 2. The van der Waals surface area contributed by atoms with Gasteiger partial charge in [0.1, 0.15) is 11.8 Å². The molecule has 2 heterocycles. The maximum absolute atomic E-state index is 10.5. The summed E-state index contributed by atoms with van der Waals surface area (Å²) in [4.78, 5) is 16.6. The SMILES string of the molecule is CC.CC(C)Oc1ccc(-c2nc(-c3cccc4c3CCC4)no2)cc1C#N.NC(=O)N1CCC(O)CC1. The third-order valence-electron chi connectivity index (χ3n) is 6.30. The Morgan fingerprint density at radius 1 is 1.21 bits per heavy atom. The standard InChI is InChI=1S/C21H19N3O2.C6H12N2O2.C2H6/c1-13(2)25-19-10-9-15(11-16(19)12-22)21-23-20(24-26-21)18-8-4-6-14-5-3-7-17(14)18;7-6(10)8-3-1-5(9)2-4-8;1-2/h4,6,8-11,13H,3,5,7H2,1-2H3;5,9H,1-4H2,(H2,7,10);1-2H3. The zero-order chi connectivity index (χ0) is 27.7. The summed E-state index contributed by atoms with van der Waals surface area (Å²) in [6.45, 7) is 9.04. The highest BCUT2D eigenvalue weighted by Crippen LogP contribution is 2.33. The van der Waals surface area contributed by atoms with Gasteiger partial charge in [-0.3, -0.25) is 0 Å². The van der Waals surface area contributed by atoms with Crippen LogP contribution in [0.5, 0.6) is 5.75 Å². The highest BCUT2D eigenvalue weighted by molar-refractivity contribution is 5.72. The van der Waals surface area contributed by atoms with E-state index in [9.17, 15) is 10.1 Å². The van der Waals surface area contributed by atoms with E-state index in [0.29, 0.717) is 54.5 Å². The Morgan fingerprint density at radius 2 is 1.95 bits per heavy atom. The van der Waals surface area contributed by atoms with E-state index in [1.54, 1.807) is 17.0 Å². The van der Waals surface area contributed by atoms with Crippen LogP contribution in [0.3, 0.4) is 0 Å². The number of aliphatic hydroxyl groups is 1. The summed E-state index contributed by atoms with van der Waals surface area (Å²) in [5, 5.41) is 22.6. The number of amides is 2. The number of aliphatic hydroxyl groups excluding tert-OH is 1. The van der Waals surface area contributed by atoms with E-state index in [1.165, 1.54) is 17.5 Å². The van der Waals surface area contributed by atoms with Crippen molar-refractivity contribution in [2.75, 3.05) is 13.1 Å². The molecule has 1 fully saturated rings. The number of carbonyl (C=O) groups is 1. The zero-order valence-corrected chi connectivity index (χ0v) is 22.6. The number of urea groups is 1. The normalized spacial score (nSPS) is 14.5. The van der Waals surface area contributed by atoms with Crippen molar-refractivity contribution < 1.29 is 19.2 Å².